The van der Waals surface area contributed by atoms with E-state index in [-0.39, 0.29) is 5.91 Å². The highest BCUT2D eigenvalue weighted by Crippen LogP contribution is 2.32. The minimum Gasteiger partial charge on any atom is -0.465 e. The number of fused-ring (bicyclic) bond motifs is 1. The second kappa shape index (κ2) is 6.38. The zero-order chi connectivity index (χ0) is 16.5. The summed E-state index contributed by atoms with van der Waals surface area (Å²) in [5, 5.41) is 0. The number of aromatic nitrogens is 2. The molecule has 0 aromatic carbocycles. The van der Waals surface area contributed by atoms with Gasteiger partial charge in [0.1, 0.15) is 17.8 Å². The number of likely N-dealkylation sites (tertiary alicyclic amines) is 1. The Balaban J connectivity index is 1.57. The lowest BCUT2D eigenvalue weighted by molar-refractivity contribution is 0.0703. The van der Waals surface area contributed by atoms with E-state index in [1.807, 2.05) is 17.9 Å². The van der Waals surface area contributed by atoms with Gasteiger partial charge in [-0.3, -0.25) is 4.79 Å². The molecule has 4 rings (SSSR count). The lowest BCUT2D eigenvalue weighted by atomic mass is 9.91. The van der Waals surface area contributed by atoms with Crippen molar-refractivity contribution in [2.75, 3.05) is 13.1 Å². The Kier molecular flexibility index (Phi) is 4.08. The summed E-state index contributed by atoms with van der Waals surface area (Å²) in [6.45, 7) is 3.48. The Bertz CT molecular complexity index is 739. The molecule has 2 aromatic rings. The fourth-order valence-corrected chi connectivity index (χ4v) is 4.09. The van der Waals surface area contributed by atoms with Crippen molar-refractivity contribution in [1.29, 1.82) is 0 Å². The first-order chi connectivity index (χ1) is 11.7. The predicted octanol–water partition coefficient (Wildman–Crippen LogP) is 3.28. The van der Waals surface area contributed by atoms with Crippen LogP contribution in [0.25, 0.3) is 0 Å². The number of furan rings is 1. The molecule has 1 amide bonds. The number of aryl methyl sites for hydroxylation is 2. The molecule has 24 heavy (non-hydrogen) atoms. The van der Waals surface area contributed by atoms with Crippen molar-refractivity contribution in [3.63, 3.8) is 0 Å². The Morgan fingerprint density at radius 3 is 3.00 bits per heavy atom. The largest absolute Gasteiger partial charge is 0.465 e. The van der Waals surface area contributed by atoms with Gasteiger partial charge in [-0.1, -0.05) is 0 Å². The van der Waals surface area contributed by atoms with Gasteiger partial charge in [-0.25, -0.2) is 9.97 Å². The molecule has 0 spiro atoms. The molecule has 1 aliphatic heterocycles. The third-order valence-electron chi connectivity index (χ3n) is 5.29. The topological polar surface area (TPSA) is 59.2 Å². The molecule has 2 aliphatic rings. The summed E-state index contributed by atoms with van der Waals surface area (Å²) < 4.78 is 5.89. The fourth-order valence-electron chi connectivity index (χ4n) is 4.09. The van der Waals surface area contributed by atoms with Crippen LogP contribution in [-0.4, -0.2) is 33.9 Å². The Morgan fingerprint density at radius 2 is 2.17 bits per heavy atom. The van der Waals surface area contributed by atoms with Crippen molar-refractivity contribution in [3.8, 4) is 0 Å². The minimum absolute atomic E-state index is 0.137. The summed E-state index contributed by atoms with van der Waals surface area (Å²) in [7, 11) is 0. The fraction of sp³-hybridized carbons (Fsp3) is 0.526. The van der Waals surface area contributed by atoms with E-state index >= 15 is 0 Å². The van der Waals surface area contributed by atoms with Crippen LogP contribution in [0.15, 0.2) is 23.0 Å². The Labute approximate surface area is 142 Å². The number of nitrogens with zero attached hydrogens (tertiary/aromatic N) is 3. The predicted molar refractivity (Wildman–Crippen MR) is 90.0 cm³/mol. The van der Waals surface area contributed by atoms with Gasteiger partial charge >= 0.3 is 0 Å². The SMILES string of the molecule is Cc1oc2c(c1C(=O)N1CCCC(c3ccncn3)C1)CCCC2. The van der Waals surface area contributed by atoms with Gasteiger partial charge in [-0.05, 0) is 45.1 Å². The van der Waals surface area contributed by atoms with E-state index in [4.69, 9.17) is 4.42 Å². The van der Waals surface area contributed by atoms with Crippen LogP contribution in [0.3, 0.4) is 0 Å². The molecule has 0 radical (unpaired) electrons. The molecule has 5 nitrogen and oxygen atoms in total. The highest BCUT2D eigenvalue weighted by Gasteiger charge is 2.31. The molecule has 126 valence electrons. The van der Waals surface area contributed by atoms with E-state index in [0.29, 0.717) is 5.92 Å². The van der Waals surface area contributed by atoms with E-state index in [1.54, 1.807) is 12.5 Å². The Hall–Kier alpha value is -2.17. The van der Waals surface area contributed by atoms with Crippen molar-refractivity contribution in [2.45, 2.75) is 51.4 Å². The smallest absolute Gasteiger partial charge is 0.257 e. The van der Waals surface area contributed by atoms with E-state index in [1.165, 1.54) is 0 Å². The number of piperidine rings is 1. The van der Waals surface area contributed by atoms with Gasteiger partial charge in [0.2, 0.25) is 0 Å². The van der Waals surface area contributed by atoms with Crippen molar-refractivity contribution >= 4 is 5.91 Å². The maximum Gasteiger partial charge on any atom is 0.257 e. The number of carbonyl (C=O) groups is 1. The van der Waals surface area contributed by atoms with Crippen molar-refractivity contribution in [2.24, 2.45) is 0 Å². The molecule has 1 unspecified atom stereocenters. The zero-order valence-electron chi connectivity index (χ0n) is 14.1. The first-order valence-electron chi connectivity index (χ1n) is 8.90. The average molecular weight is 325 g/mol. The molecular formula is C19H23N3O2. The highest BCUT2D eigenvalue weighted by atomic mass is 16.3. The van der Waals surface area contributed by atoms with E-state index < -0.39 is 0 Å². The van der Waals surface area contributed by atoms with E-state index in [0.717, 1.165) is 80.0 Å². The maximum absolute atomic E-state index is 13.2. The summed E-state index contributed by atoms with van der Waals surface area (Å²) in [5.41, 5.74) is 3.02. The van der Waals surface area contributed by atoms with Crippen LogP contribution in [0.4, 0.5) is 0 Å². The van der Waals surface area contributed by atoms with Crippen LogP contribution < -0.4 is 0 Å². The molecule has 3 heterocycles. The summed E-state index contributed by atoms with van der Waals surface area (Å²) in [6.07, 6.45) is 9.70. The van der Waals surface area contributed by atoms with Gasteiger partial charge in [0.25, 0.3) is 5.91 Å². The standard InChI is InChI=1S/C19H23N3O2/c1-13-18(15-6-2-3-7-17(15)24-13)19(23)22-10-4-5-14(11-22)16-8-9-20-12-21-16/h8-9,12,14H,2-7,10-11H2,1H3. The quantitative estimate of drug-likeness (QED) is 0.850. The van der Waals surface area contributed by atoms with Crippen molar-refractivity contribution in [1.82, 2.24) is 14.9 Å². The number of amides is 1. The minimum atomic E-state index is 0.137. The second-order valence-corrected chi connectivity index (χ2v) is 6.87. The zero-order valence-corrected chi connectivity index (χ0v) is 14.1. The first kappa shape index (κ1) is 15.4. The second-order valence-electron chi connectivity index (χ2n) is 6.87. The average Bonchev–Trinajstić information content (AvgIpc) is 2.97. The number of carbonyl (C=O) groups excluding carboxylic acids is 1. The lowest BCUT2D eigenvalue weighted by Crippen LogP contribution is -2.39. The van der Waals surface area contributed by atoms with Crippen LogP contribution in [-0.2, 0) is 12.8 Å². The molecular weight excluding hydrogens is 302 g/mol. The molecule has 5 heteroatoms. The molecule has 0 saturated carbocycles. The monoisotopic (exact) mass is 325 g/mol. The maximum atomic E-state index is 13.2. The molecule has 1 saturated heterocycles. The van der Waals surface area contributed by atoms with Gasteiger partial charge in [-0.15, -0.1) is 0 Å². The third kappa shape index (κ3) is 2.72. The molecule has 1 fully saturated rings. The van der Waals surface area contributed by atoms with Crippen LogP contribution in [0.2, 0.25) is 0 Å². The molecule has 1 aliphatic carbocycles. The van der Waals surface area contributed by atoms with Crippen LogP contribution in [0.1, 0.15) is 64.7 Å². The normalized spacial score (nSPS) is 20.7. The van der Waals surface area contributed by atoms with Crippen molar-refractivity contribution < 1.29 is 9.21 Å². The van der Waals surface area contributed by atoms with Crippen LogP contribution in [0.5, 0.6) is 0 Å². The molecule has 1 atom stereocenters. The van der Waals surface area contributed by atoms with Gasteiger partial charge in [0.05, 0.1) is 5.56 Å². The number of hydrogen-bond acceptors (Lipinski definition) is 4. The number of hydrogen-bond donors (Lipinski definition) is 0. The van der Waals surface area contributed by atoms with Crippen molar-refractivity contribution in [3.05, 3.63) is 46.9 Å². The van der Waals surface area contributed by atoms with E-state index in [9.17, 15) is 4.79 Å². The molecule has 2 aromatic heterocycles. The van der Waals surface area contributed by atoms with Crippen LogP contribution in [0, 0.1) is 6.92 Å². The molecule has 0 N–H and O–H groups in total. The van der Waals surface area contributed by atoms with Gasteiger partial charge in [-0.2, -0.15) is 0 Å². The summed E-state index contributed by atoms with van der Waals surface area (Å²) in [5.74, 6) is 2.26. The lowest BCUT2D eigenvalue weighted by Gasteiger charge is -2.32. The highest BCUT2D eigenvalue weighted by molar-refractivity contribution is 5.97. The summed E-state index contributed by atoms with van der Waals surface area (Å²) in [4.78, 5) is 23.5. The van der Waals surface area contributed by atoms with Gasteiger partial charge in [0, 0.05) is 42.9 Å². The Morgan fingerprint density at radius 1 is 1.29 bits per heavy atom. The summed E-state index contributed by atoms with van der Waals surface area (Å²) >= 11 is 0. The number of rotatable bonds is 2. The van der Waals surface area contributed by atoms with Gasteiger partial charge < -0.3 is 9.32 Å². The first-order valence-corrected chi connectivity index (χ1v) is 8.90. The van der Waals surface area contributed by atoms with Crippen LogP contribution >= 0.6 is 0 Å². The van der Waals surface area contributed by atoms with E-state index in [2.05, 4.69) is 9.97 Å². The third-order valence-corrected chi connectivity index (χ3v) is 5.29. The molecule has 0 bridgehead atoms. The van der Waals surface area contributed by atoms with Gasteiger partial charge in [0.15, 0.2) is 0 Å². The summed E-state index contributed by atoms with van der Waals surface area (Å²) in [6, 6.07) is 1.96.